The van der Waals surface area contributed by atoms with E-state index in [9.17, 15) is 36.3 Å². The number of imide groups is 1. The van der Waals surface area contributed by atoms with E-state index in [2.05, 4.69) is 35.3 Å². The molecule has 4 saturated heterocycles. The smallest absolute Gasteiger partial charge is 0.388 e. The maximum Gasteiger partial charge on any atom is 0.421 e. The number of carbonyl (C=O) groups excluding carboxylic acids is 2. The Morgan fingerprint density at radius 2 is 1.81 bits per heavy atom. The van der Waals surface area contributed by atoms with Gasteiger partial charge in [-0.2, -0.15) is 23.3 Å². The summed E-state index contributed by atoms with van der Waals surface area (Å²) in [6.07, 6.45) is -2.51. The molecule has 4 aliphatic rings. The van der Waals surface area contributed by atoms with Crippen molar-refractivity contribution in [3.8, 4) is 0 Å². The van der Waals surface area contributed by atoms with Gasteiger partial charge in [-0.15, -0.1) is 0 Å². The van der Waals surface area contributed by atoms with Crippen LogP contribution < -0.4 is 25.2 Å². The van der Waals surface area contributed by atoms with Gasteiger partial charge in [0.1, 0.15) is 29.4 Å². The second-order valence-corrected chi connectivity index (χ2v) is 18.9. The first-order valence-electron chi connectivity index (χ1n) is 20.5. The lowest BCUT2D eigenvalue weighted by Gasteiger charge is -2.39. The molecule has 62 heavy (non-hydrogen) atoms. The number of hydrogen-bond donors (Lipinski definition) is 4. The number of anilines is 4. The van der Waals surface area contributed by atoms with Crippen molar-refractivity contribution in [3.63, 3.8) is 0 Å². The van der Waals surface area contributed by atoms with Crippen LogP contribution in [0.5, 0.6) is 0 Å². The Balaban J connectivity index is 0.838. The fourth-order valence-electron chi connectivity index (χ4n) is 8.87. The third kappa shape index (κ3) is 9.46. The van der Waals surface area contributed by atoms with E-state index in [4.69, 9.17) is 11.6 Å². The van der Waals surface area contributed by atoms with Crippen molar-refractivity contribution in [2.75, 3.05) is 60.9 Å². The zero-order chi connectivity index (χ0) is 44.1. The van der Waals surface area contributed by atoms with Crippen LogP contribution in [0.3, 0.4) is 0 Å². The zero-order valence-corrected chi connectivity index (χ0v) is 35.2. The molecule has 4 aliphatic heterocycles. The summed E-state index contributed by atoms with van der Waals surface area (Å²) in [4.78, 5) is 36.9. The monoisotopic (exact) mass is 908 g/mol. The average Bonchev–Trinajstić information content (AvgIpc) is 3.54. The topological polar surface area (TPSA) is 178 Å². The molecular formula is C40H46ClF5N10O5S. The van der Waals surface area contributed by atoms with Crippen molar-refractivity contribution in [2.24, 2.45) is 5.92 Å². The Hall–Kier alpha value is -4.70. The van der Waals surface area contributed by atoms with Gasteiger partial charge in [-0.3, -0.25) is 19.6 Å². The maximum atomic E-state index is 15.6. The first-order valence-corrected chi connectivity index (χ1v) is 22.3. The number of aliphatic hydroxyl groups is 1. The second-order valence-electron chi connectivity index (χ2n) is 16.8. The molecule has 0 radical (unpaired) electrons. The predicted octanol–water partition coefficient (Wildman–Crippen LogP) is 5.32. The summed E-state index contributed by atoms with van der Waals surface area (Å²) in [7, 11) is -4.37. The van der Waals surface area contributed by atoms with E-state index >= 15 is 8.78 Å². The van der Waals surface area contributed by atoms with Crippen LogP contribution in [0.4, 0.5) is 45.1 Å². The highest BCUT2D eigenvalue weighted by Crippen LogP contribution is 2.38. The van der Waals surface area contributed by atoms with Crippen LogP contribution >= 0.6 is 11.6 Å². The van der Waals surface area contributed by atoms with Crippen LogP contribution in [0, 0.1) is 11.7 Å². The molecule has 4 atom stereocenters. The van der Waals surface area contributed by atoms with Crippen molar-refractivity contribution >= 4 is 67.5 Å². The van der Waals surface area contributed by atoms with Crippen molar-refractivity contribution in [1.82, 2.24) is 34.7 Å². The maximum absolute atomic E-state index is 15.6. The standard InChI is InChI=1S/C40H46ClF5N10O5S/c1-39(59)12-2-13-55(22-39)36-27(40(44,45)46)19-47-38(50-36)48-30-5-4-25(18-28(30)42)62(60,61)52-31-11-14-53(21-29(31)43)20-23-9-15-54(16-10-23)24-3-6-32-26(17-24)35(41)51-56(32)33-7-8-34(57)49-37(33)58/h3-6,17-19,23,29,31,33,52,59H,2,7-16,20-22H2,1H3,(H,47,48,50)(H,49,57,58)/t29-,31+,33?,39-/m0/s1. The minimum atomic E-state index is -4.80. The lowest BCUT2D eigenvalue weighted by molar-refractivity contribution is -0.138. The summed E-state index contributed by atoms with van der Waals surface area (Å²) >= 11 is 6.51. The number of piperidine rings is 4. The number of rotatable bonds is 10. The molecule has 2 aromatic heterocycles. The van der Waals surface area contributed by atoms with E-state index in [0.717, 1.165) is 49.8 Å². The number of carbonyl (C=O) groups is 2. The van der Waals surface area contributed by atoms with Crippen LogP contribution in [0.1, 0.15) is 63.5 Å². The number of halogens is 6. The number of alkyl halides is 4. The van der Waals surface area contributed by atoms with E-state index in [1.807, 2.05) is 23.1 Å². The Morgan fingerprint density at radius 3 is 2.50 bits per heavy atom. The van der Waals surface area contributed by atoms with Crippen LogP contribution in [-0.2, 0) is 25.8 Å². The van der Waals surface area contributed by atoms with Gasteiger partial charge in [0.2, 0.25) is 21.9 Å². The van der Waals surface area contributed by atoms with Crippen LogP contribution in [-0.4, -0.2) is 114 Å². The molecule has 15 nitrogen and oxygen atoms in total. The number of nitrogens with zero attached hydrogens (tertiary/aromatic N) is 7. The first-order chi connectivity index (χ1) is 29.3. The van der Waals surface area contributed by atoms with E-state index in [-0.39, 0.29) is 61.1 Å². The largest absolute Gasteiger partial charge is 0.421 e. The number of hydrogen-bond acceptors (Lipinski definition) is 12. The van der Waals surface area contributed by atoms with Crippen LogP contribution in [0.2, 0.25) is 5.15 Å². The molecule has 0 aliphatic carbocycles. The highest BCUT2D eigenvalue weighted by Gasteiger charge is 2.40. The molecule has 4 fully saturated rings. The Bertz CT molecular complexity index is 2470. The van der Waals surface area contributed by atoms with Gasteiger partial charge in [0.15, 0.2) is 5.15 Å². The summed E-state index contributed by atoms with van der Waals surface area (Å²) in [5.74, 6) is -2.34. The SMILES string of the molecule is C[C@]1(O)CCCN(c2nc(Nc3ccc(S(=O)(=O)N[C@@H]4CCN(CC5CCN(c6ccc7c(c6)c(Cl)nn7C6CCC(=O)NC6=O)CC5)C[C@@H]4F)cc3F)ncc2C(F)(F)F)C1. The second kappa shape index (κ2) is 17.1. The lowest BCUT2D eigenvalue weighted by atomic mass is 9.94. The number of β-amino-alcohol motifs (C(OH)–C–C–N with tert-alkyl or cyclic N) is 1. The summed E-state index contributed by atoms with van der Waals surface area (Å²) in [5, 5.41) is 20.8. The highest BCUT2D eigenvalue weighted by molar-refractivity contribution is 7.89. The summed E-state index contributed by atoms with van der Waals surface area (Å²) < 4.78 is 103. The summed E-state index contributed by atoms with van der Waals surface area (Å²) in [5.41, 5.74) is -1.01. The van der Waals surface area contributed by atoms with Gasteiger partial charge in [0.25, 0.3) is 5.91 Å². The molecule has 2 amide bonds. The predicted molar refractivity (Wildman–Crippen MR) is 220 cm³/mol. The number of amides is 2. The van der Waals surface area contributed by atoms with E-state index < -0.39 is 68.1 Å². The van der Waals surface area contributed by atoms with Gasteiger partial charge >= 0.3 is 6.18 Å². The third-order valence-electron chi connectivity index (χ3n) is 12.1. The third-order valence-corrected chi connectivity index (χ3v) is 13.9. The quantitative estimate of drug-likeness (QED) is 0.119. The molecule has 0 bridgehead atoms. The first kappa shape index (κ1) is 43.9. The molecule has 6 heterocycles. The number of sulfonamides is 1. The van der Waals surface area contributed by atoms with Crippen molar-refractivity contribution < 1.29 is 45.1 Å². The summed E-state index contributed by atoms with van der Waals surface area (Å²) in [6.45, 7) is 4.20. The van der Waals surface area contributed by atoms with Gasteiger partial charge in [-0.05, 0) is 94.3 Å². The molecule has 0 spiro atoms. The van der Waals surface area contributed by atoms with E-state index in [1.165, 1.54) is 11.8 Å². The lowest BCUT2D eigenvalue weighted by Crippen LogP contribution is -2.53. The fraction of sp³-hybridized carbons (Fsp3) is 0.525. The molecule has 1 unspecified atom stereocenters. The van der Waals surface area contributed by atoms with Gasteiger partial charge in [0.05, 0.1) is 27.7 Å². The van der Waals surface area contributed by atoms with E-state index in [1.54, 1.807) is 4.68 Å². The normalized spacial score (nSPS) is 24.7. The zero-order valence-electron chi connectivity index (χ0n) is 33.6. The molecule has 334 valence electrons. The molecule has 4 aromatic rings. The Morgan fingerprint density at radius 1 is 1.03 bits per heavy atom. The highest BCUT2D eigenvalue weighted by atomic mass is 35.5. The van der Waals surface area contributed by atoms with E-state index in [0.29, 0.717) is 49.5 Å². The van der Waals surface area contributed by atoms with Crippen molar-refractivity contribution in [2.45, 2.75) is 86.8 Å². The number of benzene rings is 2. The minimum absolute atomic E-state index is 0.0149. The van der Waals surface area contributed by atoms with Gasteiger partial charge in [-0.1, -0.05) is 11.6 Å². The van der Waals surface area contributed by atoms with Crippen LogP contribution in [0.15, 0.2) is 47.5 Å². The molecular weight excluding hydrogens is 863 g/mol. The fourth-order valence-corrected chi connectivity index (χ4v) is 10.4. The summed E-state index contributed by atoms with van der Waals surface area (Å²) in [6, 6.07) is 7.02. The Labute approximate surface area is 359 Å². The number of likely N-dealkylation sites (tertiary alicyclic amines) is 1. The molecule has 4 N–H and O–H groups in total. The number of nitrogens with one attached hydrogen (secondary N) is 3. The van der Waals surface area contributed by atoms with Crippen molar-refractivity contribution in [3.05, 3.63) is 59.1 Å². The van der Waals surface area contributed by atoms with Gasteiger partial charge in [-0.25, -0.2) is 26.9 Å². The van der Waals surface area contributed by atoms with Crippen LogP contribution in [0.25, 0.3) is 10.9 Å². The number of fused-ring (bicyclic) bond motifs is 1. The molecule has 0 saturated carbocycles. The molecule has 8 rings (SSSR count). The van der Waals surface area contributed by atoms with Gasteiger partial charge in [0, 0.05) is 63.0 Å². The molecule has 2 aromatic carbocycles. The molecule has 22 heteroatoms. The van der Waals surface area contributed by atoms with Crippen molar-refractivity contribution in [1.29, 1.82) is 0 Å². The average molecular weight is 909 g/mol. The number of aromatic nitrogens is 4. The minimum Gasteiger partial charge on any atom is -0.388 e. The Kier molecular flexibility index (Phi) is 12.1. The van der Waals surface area contributed by atoms with Gasteiger partial charge < -0.3 is 25.1 Å².